The summed E-state index contributed by atoms with van der Waals surface area (Å²) in [5.41, 5.74) is 0.883. The predicted molar refractivity (Wildman–Crippen MR) is 96.5 cm³/mol. The zero-order valence-electron chi connectivity index (χ0n) is 14.4. The fourth-order valence-electron chi connectivity index (χ4n) is 3.54. The predicted octanol–water partition coefficient (Wildman–Crippen LogP) is 2.64. The van der Waals surface area contributed by atoms with Crippen LogP contribution in [0.3, 0.4) is 0 Å². The first-order valence-corrected chi connectivity index (χ1v) is 9.66. The number of rotatable bonds is 5. The fraction of sp³-hybridized carbons (Fsp3) is 0.632. The number of benzene rings is 1. The highest BCUT2D eigenvalue weighted by Gasteiger charge is 2.26. The SMILES string of the molecule is O=C(Cc1cc(Cl)c2c(c1)OCCO2)N1CCC(NCC2CC2)CC1. The molecule has 0 bridgehead atoms. The molecular weight excluding hydrogens is 340 g/mol. The van der Waals surface area contributed by atoms with Gasteiger partial charge in [-0.05, 0) is 55.8 Å². The van der Waals surface area contributed by atoms with Crippen molar-refractivity contribution in [3.8, 4) is 11.5 Å². The third-order valence-electron chi connectivity index (χ3n) is 5.25. The normalized spacial score (nSPS) is 20.6. The Morgan fingerprint density at radius 3 is 2.68 bits per heavy atom. The number of fused-ring (bicyclic) bond motifs is 1. The minimum atomic E-state index is 0.161. The second-order valence-electron chi connectivity index (χ2n) is 7.29. The average Bonchev–Trinajstić information content (AvgIpc) is 3.45. The molecule has 25 heavy (non-hydrogen) atoms. The number of likely N-dealkylation sites (tertiary alicyclic amines) is 1. The van der Waals surface area contributed by atoms with Crippen LogP contribution in [0.2, 0.25) is 5.02 Å². The maximum atomic E-state index is 12.6. The Labute approximate surface area is 153 Å². The van der Waals surface area contributed by atoms with Crippen molar-refractivity contribution in [2.45, 2.75) is 38.1 Å². The first kappa shape index (κ1) is 17.0. The van der Waals surface area contributed by atoms with Crippen LogP contribution in [0.5, 0.6) is 11.5 Å². The van der Waals surface area contributed by atoms with Crippen molar-refractivity contribution in [1.29, 1.82) is 0 Å². The van der Waals surface area contributed by atoms with Gasteiger partial charge in [0, 0.05) is 19.1 Å². The molecule has 1 N–H and O–H groups in total. The molecule has 2 fully saturated rings. The summed E-state index contributed by atoms with van der Waals surface area (Å²) in [6.07, 6.45) is 5.20. The van der Waals surface area contributed by atoms with E-state index in [-0.39, 0.29) is 5.91 Å². The summed E-state index contributed by atoms with van der Waals surface area (Å²) >= 11 is 6.26. The topological polar surface area (TPSA) is 50.8 Å². The zero-order chi connectivity index (χ0) is 17.2. The second kappa shape index (κ2) is 7.42. The monoisotopic (exact) mass is 364 g/mol. The smallest absolute Gasteiger partial charge is 0.226 e. The molecule has 3 aliphatic rings. The number of ether oxygens (including phenoxy) is 2. The van der Waals surface area contributed by atoms with Crippen molar-refractivity contribution in [2.75, 3.05) is 32.8 Å². The molecule has 1 aliphatic carbocycles. The Hall–Kier alpha value is -1.46. The van der Waals surface area contributed by atoms with Crippen LogP contribution in [-0.4, -0.2) is 49.7 Å². The van der Waals surface area contributed by atoms with Gasteiger partial charge in [0.05, 0.1) is 11.4 Å². The summed E-state index contributed by atoms with van der Waals surface area (Å²) in [6, 6.07) is 4.26. The number of piperidine rings is 1. The lowest BCUT2D eigenvalue weighted by molar-refractivity contribution is -0.131. The number of carbonyl (C=O) groups excluding carboxylic acids is 1. The van der Waals surface area contributed by atoms with Gasteiger partial charge in [-0.2, -0.15) is 0 Å². The second-order valence-corrected chi connectivity index (χ2v) is 7.69. The van der Waals surface area contributed by atoms with Crippen LogP contribution in [-0.2, 0) is 11.2 Å². The molecule has 1 saturated carbocycles. The Balaban J connectivity index is 1.31. The van der Waals surface area contributed by atoms with E-state index in [1.54, 1.807) is 0 Å². The molecule has 4 rings (SSSR count). The van der Waals surface area contributed by atoms with Crippen molar-refractivity contribution in [3.63, 3.8) is 0 Å². The molecule has 1 aromatic carbocycles. The molecule has 5 nitrogen and oxygen atoms in total. The van der Waals surface area contributed by atoms with Crippen LogP contribution < -0.4 is 14.8 Å². The number of halogens is 1. The molecule has 0 spiro atoms. The Bertz CT molecular complexity index is 640. The lowest BCUT2D eigenvalue weighted by Gasteiger charge is -2.32. The van der Waals surface area contributed by atoms with Crippen LogP contribution in [0.1, 0.15) is 31.2 Å². The van der Waals surface area contributed by atoms with Crippen molar-refractivity contribution >= 4 is 17.5 Å². The fourth-order valence-corrected chi connectivity index (χ4v) is 3.83. The average molecular weight is 365 g/mol. The van der Waals surface area contributed by atoms with Gasteiger partial charge in [0.2, 0.25) is 5.91 Å². The Morgan fingerprint density at radius 1 is 1.16 bits per heavy atom. The van der Waals surface area contributed by atoms with Crippen LogP contribution in [0, 0.1) is 5.92 Å². The highest BCUT2D eigenvalue weighted by Crippen LogP contribution is 2.38. The third kappa shape index (κ3) is 4.21. The molecule has 0 atom stereocenters. The van der Waals surface area contributed by atoms with E-state index in [9.17, 15) is 4.79 Å². The molecule has 136 valence electrons. The van der Waals surface area contributed by atoms with Crippen LogP contribution in [0.15, 0.2) is 12.1 Å². The van der Waals surface area contributed by atoms with E-state index in [2.05, 4.69) is 5.32 Å². The Kier molecular flexibility index (Phi) is 5.04. The summed E-state index contributed by atoms with van der Waals surface area (Å²) in [5, 5.41) is 4.17. The number of hydrogen-bond acceptors (Lipinski definition) is 4. The van der Waals surface area contributed by atoms with Crippen molar-refractivity contribution in [1.82, 2.24) is 10.2 Å². The van der Waals surface area contributed by atoms with Gasteiger partial charge < -0.3 is 19.7 Å². The van der Waals surface area contributed by atoms with Gasteiger partial charge in [-0.25, -0.2) is 0 Å². The van der Waals surface area contributed by atoms with E-state index < -0.39 is 0 Å². The van der Waals surface area contributed by atoms with Crippen LogP contribution >= 0.6 is 11.6 Å². The van der Waals surface area contributed by atoms with Crippen LogP contribution in [0.25, 0.3) is 0 Å². The number of carbonyl (C=O) groups is 1. The molecule has 1 aromatic rings. The van der Waals surface area contributed by atoms with Crippen LogP contribution in [0.4, 0.5) is 0 Å². The van der Waals surface area contributed by atoms with Gasteiger partial charge in [0.1, 0.15) is 13.2 Å². The van der Waals surface area contributed by atoms with E-state index in [1.807, 2.05) is 17.0 Å². The number of nitrogens with one attached hydrogen (secondary N) is 1. The summed E-state index contributed by atoms with van der Waals surface area (Å²) in [6.45, 7) is 3.84. The third-order valence-corrected chi connectivity index (χ3v) is 5.53. The first-order chi connectivity index (χ1) is 12.2. The lowest BCUT2D eigenvalue weighted by atomic mass is 10.0. The molecule has 0 unspecified atom stereocenters. The molecule has 6 heteroatoms. The quantitative estimate of drug-likeness (QED) is 0.872. The van der Waals surface area contributed by atoms with E-state index in [0.29, 0.717) is 42.2 Å². The maximum Gasteiger partial charge on any atom is 0.226 e. The summed E-state index contributed by atoms with van der Waals surface area (Å²) in [5.74, 6) is 2.30. The molecule has 0 aromatic heterocycles. The molecule has 2 aliphatic heterocycles. The maximum absolute atomic E-state index is 12.6. The first-order valence-electron chi connectivity index (χ1n) is 9.28. The summed E-state index contributed by atoms with van der Waals surface area (Å²) in [7, 11) is 0. The largest absolute Gasteiger partial charge is 0.486 e. The van der Waals surface area contributed by atoms with Gasteiger partial charge in [0.15, 0.2) is 11.5 Å². The van der Waals surface area contributed by atoms with E-state index >= 15 is 0 Å². The van der Waals surface area contributed by atoms with Crippen molar-refractivity contribution in [3.05, 3.63) is 22.7 Å². The van der Waals surface area contributed by atoms with E-state index in [0.717, 1.165) is 44.0 Å². The van der Waals surface area contributed by atoms with Gasteiger partial charge in [-0.15, -0.1) is 0 Å². The molecule has 0 radical (unpaired) electrons. The number of amides is 1. The van der Waals surface area contributed by atoms with Gasteiger partial charge >= 0.3 is 0 Å². The molecular formula is C19H25ClN2O3. The minimum absolute atomic E-state index is 0.161. The van der Waals surface area contributed by atoms with Crippen molar-refractivity contribution in [2.24, 2.45) is 5.92 Å². The number of nitrogens with zero attached hydrogens (tertiary/aromatic N) is 1. The summed E-state index contributed by atoms with van der Waals surface area (Å²) < 4.78 is 11.1. The van der Waals surface area contributed by atoms with Crippen molar-refractivity contribution < 1.29 is 14.3 Å². The van der Waals surface area contributed by atoms with E-state index in [4.69, 9.17) is 21.1 Å². The van der Waals surface area contributed by atoms with E-state index in [1.165, 1.54) is 12.8 Å². The van der Waals surface area contributed by atoms with Gasteiger partial charge in [0.25, 0.3) is 0 Å². The standard InChI is InChI=1S/C19H25ClN2O3/c20-16-9-14(10-17-19(16)25-8-7-24-17)11-18(23)22-5-3-15(4-6-22)21-12-13-1-2-13/h9-10,13,15,21H,1-8,11-12H2. The molecule has 1 amide bonds. The Morgan fingerprint density at radius 2 is 1.92 bits per heavy atom. The summed E-state index contributed by atoms with van der Waals surface area (Å²) in [4.78, 5) is 14.6. The highest BCUT2D eigenvalue weighted by atomic mass is 35.5. The number of hydrogen-bond donors (Lipinski definition) is 1. The molecule has 2 heterocycles. The van der Waals surface area contributed by atoms with Gasteiger partial charge in [-0.1, -0.05) is 11.6 Å². The van der Waals surface area contributed by atoms with Gasteiger partial charge in [-0.3, -0.25) is 4.79 Å². The zero-order valence-corrected chi connectivity index (χ0v) is 15.2. The minimum Gasteiger partial charge on any atom is -0.486 e. The highest BCUT2D eigenvalue weighted by molar-refractivity contribution is 6.32. The lowest BCUT2D eigenvalue weighted by Crippen LogP contribution is -2.45. The molecule has 1 saturated heterocycles.